The zero-order chi connectivity index (χ0) is 16.6. The van der Waals surface area contributed by atoms with Crippen LogP contribution in [0.4, 0.5) is 5.69 Å². The summed E-state index contributed by atoms with van der Waals surface area (Å²) < 4.78 is 37.8. The molecule has 1 unspecified atom stereocenters. The van der Waals surface area contributed by atoms with E-state index in [2.05, 4.69) is 14.7 Å². The van der Waals surface area contributed by atoms with Gasteiger partial charge in [-0.2, -0.15) is 0 Å². The number of rotatable bonds is 5. The predicted octanol–water partition coefficient (Wildman–Crippen LogP) is 2.74. The number of furan rings is 1. The van der Waals surface area contributed by atoms with Crippen LogP contribution < -0.4 is 4.72 Å². The Balaban J connectivity index is 1.56. The SMILES string of the molecule is O=S(=O)(CC1CCCO1)Nc1ccc2nc(-c3ccco3)[nH]c2c1. The topological polar surface area (TPSA) is 97.2 Å². The van der Waals surface area contributed by atoms with Gasteiger partial charge in [0.05, 0.1) is 34.8 Å². The lowest BCUT2D eigenvalue weighted by atomic mass is 10.3. The van der Waals surface area contributed by atoms with E-state index in [1.165, 1.54) is 0 Å². The van der Waals surface area contributed by atoms with Crippen molar-refractivity contribution in [2.45, 2.75) is 18.9 Å². The minimum absolute atomic E-state index is 0.0222. The highest BCUT2D eigenvalue weighted by molar-refractivity contribution is 7.92. The molecule has 24 heavy (non-hydrogen) atoms. The third kappa shape index (κ3) is 3.15. The number of imidazole rings is 1. The maximum Gasteiger partial charge on any atom is 0.235 e. The Morgan fingerprint density at radius 1 is 1.33 bits per heavy atom. The van der Waals surface area contributed by atoms with Gasteiger partial charge in [-0.05, 0) is 43.2 Å². The summed E-state index contributed by atoms with van der Waals surface area (Å²) in [5.41, 5.74) is 1.97. The molecule has 0 radical (unpaired) electrons. The molecule has 3 heterocycles. The highest BCUT2D eigenvalue weighted by Crippen LogP contribution is 2.24. The number of ether oxygens (including phenoxy) is 1. The maximum atomic E-state index is 12.3. The molecule has 1 fully saturated rings. The van der Waals surface area contributed by atoms with Gasteiger partial charge in [0.2, 0.25) is 10.0 Å². The van der Waals surface area contributed by atoms with Gasteiger partial charge in [0.1, 0.15) is 0 Å². The second-order valence-electron chi connectivity index (χ2n) is 5.81. The molecule has 0 spiro atoms. The van der Waals surface area contributed by atoms with Crippen LogP contribution >= 0.6 is 0 Å². The number of anilines is 1. The van der Waals surface area contributed by atoms with E-state index in [4.69, 9.17) is 9.15 Å². The number of nitrogens with one attached hydrogen (secondary N) is 2. The molecular formula is C16H17N3O4S. The van der Waals surface area contributed by atoms with Crippen molar-refractivity contribution in [3.8, 4) is 11.6 Å². The van der Waals surface area contributed by atoms with Gasteiger partial charge >= 0.3 is 0 Å². The molecule has 4 rings (SSSR count). The molecule has 0 bridgehead atoms. The van der Waals surface area contributed by atoms with Gasteiger partial charge in [-0.3, -0.25) is 4.72 Å². The zero-order valence-corrected chi connectivity index (χ0v) is 13.7. The Labute approximate surface area is 139 Å². The van der Waals surface area contributed by atoms with Crippen molar-refractivity contribution < 1.29 is 17.6 Å². The molecule has 3 aromatic rings. The van der Waals surface area contributed by atoms with Crippen LogP contribution in [-0.4, -0.2) is 36.8 Å². The van der Waals surface area contributed by atoms with Crippen molar-refractivity contribution in [2.24, 2.45) is 0 Å². The molecule has 0 amide bonds. The summed E-state index contributed by atoms with van der Waals surface area (Å²) in [6, 6.07) is 8.78. The van der Waals surface area contributed by atoms with E-state index in [0.29, 0.717) is 23.9 Å². The van der Waals surface area contributed by atoms with Gasteiger partial charge in [0.25, 0.3) is 0 Å². The third-order valence-corrected chi connectivity index (χ3v) is 5.30. The van der Waals surface area contributed by atoms with Crippen LogP contribution in [0.1, 0.15) is 12.8 Å². The second kappa shape index (κ2) is 5.95. The van der Waals surface area contributed by atoms with E-state index in [9.17, 15) is 8.42 Å². The number of nitrogens with zero attached hydrogens (tertiary/aromatic N) is 1. The van der Waals surface area contributed by atoms with Gasteiger partial charge in [0, 0.05) is 6.61 Å². The Kier molecular flexibility index (Phi) is 3.78. The minimum atomic E-state index is -3.45. The number of hydrogen-bond acceptors (Lipinski definition) is 5. The molecule has 0 aliphatic carbocycles. The molecule has 2 N–H and O–H groups in total. The molecule has 2 aromatic heterocycles. The quantitative estimate of drug-likeness (QED) is 0.739. The van der Waals surface area contributed by atoms with E-state index in [1.54, 1.807) is 30.5 Å². The number of aromatic amines is 1. The first-order chi connectivity index (χ1) is 11.6. The van der Waals surface area contributed by atoms with E-state index in [-0.39, 0.29) is 11.9 Å². The molecule has 1 aliphatic rings. The van der Waals surface area contributed by atoms with E-state index >= 15 is 0 Å². The van der Waals surface area contributed by atoms with Crippen molar-refractivity contribution in [3.63, 3.8) is 0 Å². The molecule has 0 saturated carbocycles. The van der Waals surface area contributed by atoms with Gasteiger partial charge < -0.3 is 14.1 Å². The number of fused-ring (bicyclic) bond motifs is 1. The molecular weight excluding hydrogens is 330 g/mol. The molecule has 1 aliphatic heterocycles. The number of sulfonamides is 1. The number of hydrogen-bond donors (Lipinski definition) is 2. The predicted molar refractivity (Wildman–Crippen MR) is 90.2 cm³/mol. The Bertz CT molecular complexity index is 941. The summed E-state index contributed by atoms with van der Waals surface area (Å²) in [5.74, 6) is 1.21. The number of H-pyrrole nitrogens is 1. The monoisotopic (exact) mass is 347 g/mol. The Morgan fingerprint density at radius 2 is 2.25 bits per heavy atom. The summed E-state index contributed by atoms with van der Waals surface area (Å²) in [5, 5.41) is 0. The Hall–Kier alpha value is -2.32. The van der Waals surface area contributed by atoms with E-state index in [1.807, 2.05) is 6.07 Å². The lowest BCUT2D eigenvalue weighted by Gasteiger charge is -2.12. The molecule has 8 heteroatoms. The number of aromatic nitrogens is 2. The van der Waals surface area contributed by atoms with Gasteiger partial charge in [-0.25, -0.2) is 13.4 Å². The zero-order valence-electron chi connectivity index (χ0n) is 12.9. The summed E-state index contributed by atoms with van der Waals surface area (Å²) >= 11 is 0. The van der Waals surface area contributed by atoms with Crippen molar-refractivity contribution in [1.29, 1.82) is 0 Å². The van der Waals surface area contributed by atoms with Crippen molar-refractivity contribution in [3.05, 3.63) is 36.6 Å². The van der Waals surface area contributed by atoms with Gasteiger partial charge in [0.15, 0.2) is 11.6 Å². The summed E-state index contributed by atoms with van der Waals surface area (Å²) in [6.07, 6.45) is 3.06. The standard InChI is InChI=1S/C16H17N3O4S/c20-24(21,10-12-3-1-7-22-12)19-11-5-6-13-14(9-11)18-16(17-13)15-4-2-8-23-15/h2,4-6,8-9,12,19H,1,3,7,10H2,(H,17,18). The molecule has 7 nitrogen and oxygen atoms in total. The van der Waals surface area contributed by atoms with Crippen molar-refractivity contribution >= 4 is 26.7 Å². The molecule has 1 atom stereocenters. The lowest BCUT2D eigenvalue weighted by molar-refractivity contribution is 0.127. The van der Waals surface area contributed by atoms with Crippen LogP contribution in [-0.2, 0) is 14.8 Å². The first kappa shape index (κ1) is 15.2. The van der Waals surface area contributed by atoms with Crippen LogP contribution in [0.2, 0.25) is 0 Å². The smallest absolute Gasteiger partial charge is 0.235 e. The largest absolute Gasteiger partial charge is 0.461 e. The van der Waals surface area contributed by atoms with Crippen molar-refractivity contribution in [1.82, 2.24) is 9.97 Å². The fourth-order valence-electron chi connectivity index (χ4n) is 2.84. The Morgan fingerprint density at radius 3 is 3.00 bits per heavy atom. The van der Waals surface area contributed by atoms with Crippen LogP contribution in [0.5, 0.6) is 0 Å². The minimum Gasteiger partial charge on any atom is -0.461 e. The first-order valence-corrected chi connectivity index (χ1v) is 9.40. The third-order valence-electron chi connectivity index (χ3n) is 3.94. The summed E-state index contributed by atoms with van der Waals surface area (Å²) in [6.45, 7) is 0.635. The number of benzene rings is 1. The van der Waals surface area contributed by atoms with E-state index in [0.717, 1.165) is 23.9 Å². The molecule has 1 aromatic carbocycles. The van der Waals surface area contributed by atoms with Crippen LogP contribution in [0, 0.1) is 0 Å². The maximum absolute atomic E-state index is 12.3. The highest BCUT2D eigenvalue weighted by Gasteiger charge is 2.23. The van der Waals surface area contributed by atoms with Gasteiger partial charge in [-0.1, -0.05) is 0 Å². The second-order valence-corrected chi connectivity index (χ2v) is 7.58. The molecule has 126 valence electrons. The average Bonchev–Trinajstić information content (AvgIpc) is 3.26. The fraction of sp³-hybridized carbons (Fsp3) is 0.312. The average molecular weight is 347 g/mol. The molecule has 1 saturated heterocycles. The fourth-order valence-corrected chi connectivity index (χ4v) is 4.17. The summed E-state index contributed by atoms with van der Waals surface area (Å²) in [4.78, 5) is 7.56. The van der Waals surface area contributed by atoms with Crippen LogP contribution in [0.3, 0.4) is 0 Å². The van der Waals surface area contributed by atoms with Crippen LogP contribution in [0.25, 0.3) is 22.6 Å². The normalized spacial score (nSPS) is 18.2. The summed E-state index contributed by atoms with van der Waals surface area (Å²) in [7, 11) is -3.45. The van der Waals surface area contributed by atoms with Gasteiger partial charge in [-0.15, -0.1) is 0 Å². The van der Waals surface area contributed by atoms with Crippen molar-refractivity contribution in [2.75, 3.05) is 17.1 Å². The lowest BCUT2D eigenvalue weighted by Crippen LogP contribution is -2.25. The highest BCUT2D eigenvalue weighted by atomic mass is 32.2. The first-order valence-electron chi connectivity index (χ1n) is 7.75. The van der Waals surface area contributed by atoms with E-state index < -0.39 is 10.0 Å². The van der Waals surface area contributed by atoms with Crippen LogP contribution in [0.15, 0.2) is 41.0 Å².